The van der Waals surface area contributed by atoms with Crippen LogP contribution in [-0.2, 0) is 10.0 Å². The van der Waals surface area contributed by atoms with Crippen LogP contribution in [0, 0.1) is 0 Å². The van der Waals surface area contributed by atoms with Crippen molar-refractivity contribution in [2.24, 2.45) is 0 Å². The number of carbonyl (C=O) groups excluding carboxylic acids is 1. The maximum atomic E-state index is 12.5. The number of carbonyl (C=O) groups is 1. The largest absolute Gasteiger partial charge is 0.493 e. The Labute approximate surface area is 152 Å². The summed E-state index contributed by atoms with van der Waals surface area (Å²) in [5, 5.41) is 2.70. The van der Waals surface area contributed by atoms with E-state index in [-0.39, 0.29) is 0 Å². The van der Waals surface area contributed by atoms with E-state index in [0.29, 0.717) is 34.2 Å². The van der Waals surface area contributed by atoms with Crippen molar-refractivity contribution in [1.82, 2.24) is 0 Å². The van der Waals surface area contributed by atoms with E-state index in [1.54, 1.807) is 18.2 Å². The Morgan fingerprint density at radius 3 is 2.00 bits per heavy atom. The summed E-state index contributed by atoms with van der Waals surface area (Å²) in [6.45, 7) is 0. The van der Waals surface area contributed by atoms with Gasteiger partial charge >= 0.3 is 0 Å². The van der Waals surface area contributed by atoms with Crippen molar-refractivity contribution in [3.63, 3.8) is 0 Å². The third-order valence-corrected chi connectivity index (χ3v) is 3.96. The second-order valence-electron chi connectivity index (χ2n) is 5.32. The van der Waals surface area contributed by atoms with Gasteiger partial charge in [-0.1, -0.05) is 6.07 Å². The Bertz CT molecular complexity index is 886. The first-order valence-electron chi connectivity index (χ1n) is 7.46. The van der Waals surface area contributed by atoms with Crippen LogP contribution in [0.1, 0.15) is 10.4 Å². The lowest BCUT2D eigenvalue weighted by molar-refractivity contribution is 0.102. The van der Waals surface area contributed by atoms with Gasteiger partial charge in [-0.3, -0.25) is 9.52 Å². The van der Waals surface area contributed by atoms with Gasteiger partial charge in [-0.25, -0.2) is 8.42 Å². The number of anilines is 2. The number of benzene rings is 2. The molecule has 140 valence electrons. The monoisotopic (exact) mass is 380 g/mol. The maximum Gasteiger partial charge on any atom is 0.255 e. The lowest BCUT2D eigenvalue weighted by Crippen LogP contribution is -2.13. The van der Waals surface area contributed by atoms with E-state index in [0.717, 1.165) is 6.26 Å². The fraction of sp³-hybridized carbons (Fsp3) is 0.235. The molecule has 9 heteroatoms. The minimum Gasteiger partial charge on any atom is -0.493 e. The van der Waals surface area contributed by atoms with Gasteiger partial charge in [-0.2, -0.15) is 0 Å². The van der Waals surface area contributed by atoms with Gasteiger partial charge in [0.1, 0.15) is 0 Å². The Kier molecular flexibility index (Phi) is 5.93. The zero-order valence-corrected chi connectivity index (χ0v) is 15.6. The summed E-state index contributed by atoms with van der Waals surface area (Å²) in [7, 11) is 0.978. The minimum absolute atomic E-state index is 0.293. The molecule has 0 saturated carbocycles. The van der Waals surface area contributed by atoms with Crippen molar-refractivity contribution in [1.29, 1.82) is 0 Å². The smallest absolute Gasteiger partial charge is 0.255 e. The van der Waals surface area contributed by atoms with Gasteiger partial charge in [0.05, 0.1) is 33.3 Å². The Hall–Kier alpha value is -2.94. The predicted octanol–water partition coefficient (Wildman–Crippen LogP) is 2.34. The van der Waals surface area contributed by atoms with Crippen LogP contribution in [0.5, 0.6) is 17.2 Å². The summed E-state index contributed by atoms with van der Waals surface area (Å²) in [6.07, 6.45) is 1.05. The van der Waals surface area contributed by atoms with Crippen LogP contribution in [0.2, 0.25) is 0 Å². The lowest BCUT2D eigenvalue weighted by atomic mass is 10.1. The van der Waals surface area contributed by atoms with Crippen LogP contribution in [0.4, 0.5) is 11.4 Å². The molecule has 0 aliphatic carbocycles. The molecule has 8 nitrogen and oxygen atoms in total. The molecule has 1 amide bonds. The van der Waals surface area contributed by atoms with Crippen molar-refractivity contribution in [3.8, 4) is 17.2 Å². The lowest BCUT2D eigenvalue weighted by Gasteiger charge is -2.14. The van der Waals surface area contributed by atoms with E-state index >= 15 is 0 Å². The average Bonchev–Trinajstić information content (AvgIpc) is 2.59. The molecule has 0 bridgehead atoms. The maximum absolute atomic E-state index is 12.5. The van der Waals surface area contributed by atoms with Crippen LogP contribution >= 0.6 is 0 Å². The molecule has 2 rings (SSSR count). The number of rotatable bonds is 7. The van der Waals surface area contributed by atoms with E-state index in [9.17, 15) is 13.2 Å². The fourth-order valence-electron chi connectivity index (χ4n) is 2.29. The van der Waals surface area contributed by atoms with Crippen LogP contribution in [-0.4, -0.2) is 41.9 Å². The molecule has 26 heavy (non-hydrogen) atoms. The van der Waals surface area contributed by atoms with Crippen molar-refractivity contribution < 1.29 is 27.4 Å². The van der Waals surface area contributed by atoms with E-state index in [1.165, 1.54) is 39.5 Å². The van der Waals surface area contributed by atoms with Gasteiger partial charge < -0.3 is 19.5 Å². The standard InChI is InChI=1S/C17H20N2O6S/c1-23-14-8-11(9-15(24-2)16(14)25-3)17(20)18-12-6-5-7-13(10-12)19-26(4,21)22/h5-10,19H,1-4H3,(H,18,20). The molecule has 0 spiro atoms. The Morgan fingerprint density at radius 2 is 1.50 bits per heavy atom. The van der Waals surface area contributed by atoms with Gasteiger partial charge in [-0.15, -0.1) is 0 Å². The third kappa shape index (κ3) is 4.79. The summed E-state index contributed by atoms with van der Waals surface area (Å²) < 4.78 is 40.7. The normalized spacial score (nSPS) is 10.8. The second kappa shape index (κ2) is 7.96. The molecular weight excluding hydrogens is 360 g/mol. The number of hydrogen-bond donors (Lipinski definition) is 2. The highest BCUT2D eigenvalue weighted by molar-refractivity contribution is 7.92. The molecule has 2 aromatic carbocycles. The minimum atomic E-state index is -3.41. The number of hydrogen-bond acceptors (Lipinski definition) is 6. The molecule has 2 N–H and O–H groups in total. The molecule has 0 saturated heterocycles. The van der Waals surface area contributed by atoms with Gasteiger partial charge in [0.15, 0.2) is 11.5 Å². The molecule has 0 aromatic heterocycles. The summed E-state index contributed by atoms with van der Waals surface area (Å²) in [5.41, 5.74) is 1.06. The van der Waals surface area contributed by atoms with Crippen LogP contribution in [0.25, 0.3) is 0 Å². The number of nitrogens with one attached hydrogen (secondary N) is 2. The topological polar surface area (TPSA) is 103 Å². The summed E-state index contributed by atoms with van der Waals surface area (Å²) in [5.74, 6) is 0.667. The van der Waals surface area contributed by atoms with Crippen LogP contribution in [0.3, 0.4) is 0 Å². The zero-order chi connectivity index (χ0) is 19.3. The van der Waals surface area contributed by atoms with Gasteiger partial charge in [-0.05, 0) is 30.3 Å². The number of sulfonamides is 1. The third-order valence-electron chi connectivity index (χ3n) is 3.35. The zero-order valence-electron chi connectivity index (χ0n) is 14.8. The van der Waals surface area contributed by atoms with E-state index in [1.807, 2.05) is 0 Å². The second-order valence-corrected chi connectivity index (χ2v) is 7.07. The van der Waals surface area contributed by atoms with E-state index in [4.69, 9.17) is 14.2 Å². The van der Waals surface area contributed by atoms with Crippen molar-refractivity contribution in [2.45, 2.75) is 0 Å². The van der Waals surface area contributed by atoms with Gasteiger partial charge in [0, 0.05) is 11.3 Å². The average molecular weight is 380 g/mol. The molecule has 0 unspecified atom stereocenters. The molecule has 0 fully saturated rings. The first-order chi connectivity index (χ1) is 12.3. The Balaban J connectivity index is 2.29. The van der Waals surface area contributed by atoms with Gasteiger partial charge in [0.25, 0.3) is 5.91 Å². The quantitative estimate of drug-likeness (QED) is 0.764. The molecular formula is C17H20N2O6S. The van der Waals surface area contributed by atoms with Crippen LogP contribution in [0.15, 0.2) is 36.4 Å². The summed E-state index contributed by atoms with van der Waals surface area (Å²) >= 11 is 0. The molecule has 0 heterocycles. The summed E-state index contributed by atoms with van der Waals surface area (Å²) in [6, 6.07) is 9.40. The molecule has 0 aliphatic heterocycles. The first-order valence-corrected chi connectivity index (χ1v) is 9.35. The first kappa shape index (κ1) is 19.4. The van der Waals surface area contributed by atoms with E-state index in [2.05, 4.69) is 10.0 Å². The highest BCUT2D eigenvalue weighted by atomic mass is 32.2. The summed E-state index contributed by atoms with van der Waals surface area (Å²) in [4.78, 5) is 12.5. The number of ether oxygens (including phenoxy) is 3. The highest BCUT2D eigenvalue weighted by Crippen LogP contribution is 2.38. The molecule has 0 atom stereocenters. The SMILES string of the molecule is COc1cc(C(=O)Nc2cccc(NS(C)(=O)=O)c2)cc(OC)c1OC. The van der Waals surface area contributed by atoms with E-state index < -0.39 is 15.9 Å². The van der Waals surface area contributed by atoms with Crippen molar-refractivity contribution in [2.75, 3.05) is 37.6 Å². The highest BCUT2D eigenvalue weighted by Gasteiger charge is 2.17. The molecule has 0 aliphatic rings. The van der Waals surface area contributed by atoms with Crippen LogP contribution < -0.4 is 24.2 Å². The van der Waals surface area contributed by atoms with Crippen molar-refractivity contribution >= 4 is 27.3 Å². The number of methoxy groups -OCH3 is 3. The van der Waals surface area contributed by atoms with Crippen molar-refractivity contribution in [3.05, 3.63) is 42.0 Å². The predicted molar refractivity (Wildman–Crippen MR) is 99.0 cm³/mol. The van der Waals surface area contributed by atoms with Gasteiger partial charge in [0.2, 0.25) is 15.8 Å². The molecule has 0 radical (unpaired) electrons. The fourth-order valence-corrected chi connectivity index (χ4v) is 2.85. The Morgan fingerprint density at radius 1 is 0.923 bits per heavy atom. The number of amides is 1. The molecule has 2 aromatic rings.